The fourth-order valence-corrected chi connectivity index (χ4v) is 3.80. The van der Waals surface area contributed by atoms with Gasteiger partial charge in [-0.05, 0) is 30.3 Å². The van der Waals surface area contributed by atoms with Crippen LogP contribution in [0.2, 0.25) is 10.0 Å². The number of anilines is 2. The first-order valence-electron chi connectivity index (χ1n) is 8.66. The van der Waals surface area contributed by atoms with Gasteiger partial charge in [0, 0.05) is 7.05 Å². The topological polar surface area (TPSA) is 88.7 Å². The number of halogens is 2. The molecular formula is C20H13Cl2N5O2. The van der Waals surface area contributed by atoms with Crippen molar-refractivity contribution in [3.63, 3.8) is 0 Å². The third kappa shape index (κ3) is 2.86. The molecule has 0 saturated heterocycles. The number of imidazole rings is 1. The average Bonchev–Trinajstić information content (AvgIpc) is 3.33. The fourth-order valence-electron chi connectivity index (χ4n) is 3.31. The summed E-state index contributed by atoms with van der Waals surface area (Å²) in [6, 6.07) is 10.6. The van der Waals surface area contributed by atoms with Gasteiger partial charge in [0.2, 0.25) is 5.95 Å². The Hall–Kier alpha value is -3.29. The lowest BCUT2D eigenvalue weighted by molar-refractivity contribution is 0.568. The normalized spacial score (nSPS) is 11.4. The van der Waals surface area contributed by atoms with E-state index in [4.69, 9.17) is 27.6 Å². The van der Waals surface area contributed by atoms with Gasteiger partial charge in [0.25, 0.3) is 5.56 Å². The molecule has 3 heterocycles. The Morgan fingerprint density at radius 1 is 1.07 bits per heavy atom. The first kappa shape index (κ1) is 17.8. The molecule has 0 amide bonds. The Bertz CT molecular complexity index is 1420. The summed E-state index contributed by atoms with van der Waals surface area (Å²) in [5.41, 5.74) is 2.84. The van der Waals surface area contributed by atoms with Crippen molar-refractivity contribution < 1.29 is 4.42 Å². The number of aryl methyl sites for hydroxylation is 1. The van der Waals surface area contributed by atoms with Crippen molar-refractivity contribution >= 4 is 56.8 Å². The molecule has 2 aromatic carbocycles. The van der Waals surface area contributed by atoms with E-state index < -0.39 is 0 Å². The molecule has 0 radical (unpaired) electrons. The van der Waals surface area contributed by atoms with Crippen LogP contribution >= 0.6 is 23.2 Å². The molecule has 0 aliphatic carbocycles. The van der Waals surface area contributed by atoms with Gasteiger partial charge < -0.3 is 19.3 Å². The van der Waals surface area contributed by atoms with Gasteiger partial charge in [-0.25, -0.2) is 9.97 Å². The van der Waals surface area contributed by atoms with E-state index in [-0.39, 0.29) is 5.56 Å². The van der Waals surface area contributed by atoms with E-state index in [1.54, 1.807) is 34.9 Å². The maximum absolute atomic E-state index is 12.9. The minimum absolute atomic E-state index is 0.262. The molecule has 0 fully saturated rings. The first-order valence-corrected chi connectivity index (χ1v) is 9.41. The number of rotatable bonds is 3. The number of furan rings is 1. The number of fused-ring (bicyclic) bond motifs is 3. The van der Waals surface area contributed by atoms with Crippen molar-refractivity contribution in [3.8, 4) is 11.4 Å². The lowest BCUT2D eigenvalue weighted by atomic mass is 10.2. The predicted octanol–water partition coefficient (Wildman–Crippen LogP) is 5.12. The monoisotopic (exact) mass is 425 g/mol. The summed E-state index contributed by atoms with van der Waals surface area (Å²) in [4.78, 5) is 24.9. The van der Waals surface area contributed by atoms with Gasteiger partial charge in [0.1, 0.15) is 12.1 Å². The lowest BCUT2D eigenvalue weighted by Gasteiger charge is -2.10. The molecule has 144 valence electrons. The highest BCUT2D eigenvalue weighted by Gasteiger charge is 2.17. The number of nitrogens with one attached hydrogen (secondary N) is 2. The van der Waals surface area contributed by atoms with Gasteiger partial charge in [-0.2, -0.15) is 0 Å². The van der Waals surface area contributed by atoms with Crippen LogP contribution < -0.4 is 10.9 Å². The van der Waals surface area contributed by atoms with Crippen molar-refractivity contribution in [1.82, 2.24) is 19.5 Å². The Kier molecular flexibility index (Phi) is 4.08. The van der Waals surface area contributed by atoms with Gasteiger partial charge in [0.05, 0.1) is 49.5 Å². The van der Waals surface area contributed by atoms with Crippen molar-refractivity contribution in [2.45, 2.75) is 0 Å². The molecule has 0 aliphatic rings. The molecule has 29 heavy (non-hydrogen) atoms. The van der Waals surface area contributed by atoms with Gasteiger partial charge in [-0.1, -0.05) is 29.3 Å². The summed E-state index contributed by atoms with van der Waals surface area (Å²) < 4.78 is 6.87. The Morgan fingerprint density at radius 2 is 1.83 bits per heavy atom. The van der Waals surface area contributed by atoms with Crippen molar-refractivity contribution in [2.75, 3.05) is 5.32 Å². The Morgan fingerprint density at radius 3 is 2.55 bits per heavy atom. The minimum Gasteiger partial charge on any atom is -0.472 e. The molecule has 0 spiro atoms. The van der Waals surface area contributed by atoms with Crippen LogP contribution in [0, 0.1) is 0 Å². The largest absolute Gasteiger partial charge is 0.472 e. The van der Waals surface area contributed by atoms with Gasteiger partial charge >= 0.3 is 0 Å². The third-order valence-corrected chi connectivity index (χ3v) is 5.33. The second-order valence-electron chi connectivity index (χ2n) is 6.47. The van der Waals surface area contributed by atoms with Crippen molar-refractivity contribution in [2.24, 2.45) is 7.05 Å². The summed E-state index contributed by atoms with van der Waals surface area (Å²) in [5.74, 6) is 0.944. The van der Waals surface area contributed by atoms with E-state index in [2.05, 4.69) is 20.3 Å². The van der Waals surface area contributed by atoms with Crippen LogP contribution in [0.15, 0.2) is 58.1 Å². The van der Waals surface area contributed by atoms with E-state index >= 15 is 0 Å². The molecule has 9 heteroatoms. The molecule has 7 nitrogen and oxygen atoms in total. The summed E-state index contributed by atoms with van der Waals surface area (Å²) in [7, 11) is 1.81. The number of hydrogen-bond acceptors (Lipinski definition) is 5. The zero-order chi connectivity index (χ0) is 20.1. The van der Waals surface area contributed by atoms with E-state index in [1.807, 2.05) is 13.1 Å². The Labute approximate surface area is 173 Å². The molecule has 2 N–H and O–H groups in total. The predicted molar refractivity (Wildman–Crippen MR) is 114 cm³/mol. The second kappa shape index (κ2) is 6.65. The maximum atomic E-state index is 12.9. The molecule has 0 atom stereocenters. The quantitative estimate of drug-likeness (QED) is 0.418. The van der Waals surface area contributed by atoms with E-state index in [0.29, 0.717) is 55.0 Å². The molecule has 3 aromatic heterocycles. The molecule has 0 unspecified atom stereocenters. The molecule has 5 aromatic rings. The summed E-state index contributed by atoms with van der Waals surface area (Å²) >= 11 is 12.5. The van der Waals surface area contributed by atoms with Crippen molar-refractivity contribution in [1.29, 1.82) is 0 Å². The fraction of sp³-hybridized carbons (Fsp3) is 0.0500. The summed E-state index contributed by atoms with van der Waals surface area (Å²) in [6.45, 7) is 0. The van der Waals surface area contributed by atoms with Gasteiger partial charge in [-0.3, -0.25) is 4.79 Å². The Balaban J connectivity index is 1.71. The standard InChI is InChI=1S/C20H13Cl2N5O2/c1-27-17-14(24-20(27)25-16-11(21)3-2-4-12(16)22)6-5-13-15(17)19(28)26-18(23-13)10-7-8-29-9-10/h2-9H,1H3,(H,24,25)(H,23,26,28). The van der Waals surface area contributed by atoms with Crippen LogP contribution in [-0.4, -0.2) is 19.5 Å². The van der Waals surface area contributed by atoms with E-state index in [0.717, 1.165) is 0 Å². The SMILES string of the molecule is Cn1c(Nc2c(Cl)cccc2Cl)nc2ccc3nc(-c4ccoc4)[nH]c(=O)c3c21. The minimum atomic E-state index is -0.262. The lowest BCUT2D eigenvalue weighted by Crippen LogP contribution is -2.11. The van der Waals surface area contributed by atoms with Crippen LogP contribution in [0.25, 0.3) is 33.3 Å². The van der Waals surface area contributed by atoms with Gasteiger partial charge in [0.15, 0.2) is 0 Å². The molecule has 0 aliphatic heterocycles. The highest BCUT2D eigenvalue weighted by Crippen LogP contribution is 2.34. The van der Waals surface area contributed by atoms with Crippen LogP contribution in [0.1, 0.15) is 0 Å². The first-order chi connectivity index (χ1) is 14.0. The zero-order valence-electron chi connectivity index (χ0n) is 15.0. The van der Waals surface area contributed by atoms with Crippen molar-refractivity contribution in [3.05, 3.63) is 69.3 Å². The number of hydrogen-bond donors (Lipinski definition) is 2. The summed E-state index contributed by atoms with van der Waals surface area (Å²) in [5, 5.41) is 4.55. The molecule has 0 bridgehead atoms. The number of H-pyrrole nitrogens is 1. The molecular weight excluding hydrogens is 413 g/mol. The smallest absolute Gasteiger partial charge is 0.261 e. The highest BCUT2D eigenvalue weighted by molar-refractivity contribution is 6.39. The molecule has 5 rings (SSSR count). The van der Waals surface area contributed by atoms with Gasteiger partial charge in [-0.15, -0.1) is 0 Å². The maximum Gasteiger partial charge on any atom is 0.261 e. The molecule has 0 saturated carbocycles. The van der Waals surface area contributed by atoms with E-state index in [9.17, 15) is 4.79 Å². The number of aromatic nitrogens is 4. The number of benzene rings is 2. The van der Waals surface area contributed by atoms with Crippen LogP contribution in [0.5, 0.6) is 0 Å². The number of nitrogens with zero attached hydrogens (tertiary/aromatic N) is 3. The number of aromatic amines is 1. The van der Waals surface area contributed by atoms with E-state index in [1.165, 1.54) is 12.5 Å². The number of para-hydroxylation sites is 1. The highest BCUT2D eigenvalue weighted by atomic mass is 35.5. The summed E-state index contributed by atoms with van der Waals surface area (Å²) in [6.07, 6.45) is 3.06. The third-order valence-electron chi connectivity index (χ3n) is 4.70. The average molecular weight is 426 g/mol. The van der Waals surface area contributed by atoms with Crippen LogP contribution in [0.4, 0.5) is 11.6 Å². The zero-order valence-corrected chi connectivity index (χ0v) is 16.5. The second-order valence-corrected chi connectivity index (χ2v) is 7.28. The van der Waals surface area contributed by atoms with Crippen LogP contribution in [-0.2, 0) is 7.05 Å². The van der Waals surface area contributed by atoms with Crippen LogP contribution in [0.3, 0.4) is 0 Å².